The number of furan rings is 1. The van der Waals surface area contributed by atoms with E-state index in [0.29, 0.717) is 53.7 Å². The Labute approximate surface area is 221 Å². The summed E-state index contributed by atoms with van der Waals surface area (Å²) in [6.07, 6.45) is 2.22. The van der Waals surface area contributed by atoms with Crippen molar-refractivity contribution < 1.29 is 23.4 Å². The van der Waals surface area contributed by atoms with E-state index in [-0.39, 0.29) is 11.7 Å². The monoisotopic (exact) mass is 535 g/mol. The molecule has 0 amide bonds. The molecular formula is C25H26FN9O4. The number of imidazole rings is 1. The number of ether oxygens (including phenoxy) is 1. The largest absolute Gasteiger partial charge is 0.479 e. The lowest BCUT2D eigenvalue weighted by Gasteiger charge is -2.36. The lowest BCUT2D eigenvalue weighted by molar-refractivity contribution is -0.144. The number of fused-ring (bicyclic) bond motifs is 3. The van der Waals surface area contributed by atoms with Crippen molar-refractivity contribution in [1.29, 1.82) is 0 Å². The molecule has 0 unspecified atom stereocenters. The first-order valence-corrected chi connectivity index (χ1v) is 12.4. The summed E-state index contributed by atoms with van der Waals surface area (Å²) in [6, 6.07) is 7.99. The highest BCUT2D eigenvalue weighted by molar-refractivity contribution is 5.87. The summed E-state index contributed by atoms with van der Waals surface area (Å²) in [5.74, 6) is -0.225. The first kappa shape index (κ1) is 24.6. The van der Waals surface area contributed by atoms with Gasteiger partial charge in [-0.3, -0.25) is 4.90 Å². The molecule has 0 saturated carbocycles. The van der Waals surface area contributed by atoms with Crippen LogP contribution in [0, 0.1) is 5.82 Å². The first-order chi connectivity index (χ1) is 18.9. The average Bonchev–Trinajstić information content (AvgIpc) is 3.68. The van der Waals surface area contributed by atoms with Crippen LogP contribution in [0.3, 0.4) is 0 Å². The van der Waals surface area contributed by atoms with E-state index in [1.165, 1.54) is 17.5 Å². The number of nitrogens with zero attached hydrogens (tertiary/aromatic N) is 8. The number of piperazine rings is 1. The molecule has 1 aliphatic rings. The quantitative estimate of drug-likeness (QED) is 0.300. The highest BCUT2D eigenvalue weighted by atomic mass is 19.1. The summed E-state index contributed by atoms with van der Waals surface area (Å²) in [4.78, 5) is 28.8. The van der Waals surface area contributed by atoms with Crippen LogP contribution in [0.5, 0.6) is 5.75 Å². The van der Waals surface area contributed by atoms with E-state index in [1.54, 1.807) is 36.9 Å². The molecule has 14 heteroatoms. The smallest absolute Gasteiger partial charge is 0.344 e. The third kappa shape index (κ3) is 4.69. The number of hydrogen-bond acceptors (Lipinski definition) is 10. The number of aliphatic carboxylic acids is 1. The molecule has 202 valence electrons. The maximum Gasteiger partial charge on any atom is 0.344 e. The molecule has 1 fully saturated rings. The van der Waals surface area contributed by atoms with E-state index >= 15 is 0 Å². The van der Waals surface area contributed by atoms with Gasteiger partial charge in [0.05, 0.1) is 18.3 Å². The Balaban J connectivity index is 1.10. The van der Waals surface area contributed by atoms with Crippen LogP contribution in [0.15, 0.2) is 47.3 Å². The van der Waals surface area contributed by atoms with E-state index < -0.39 is 17.9 Å². The number of carbonyl (C=O) groups is 1. The van der Waals surface area contributed by atoms with Crippen molar-refractivity contribution in [1.82, 2.24) is 34.0 Å². The van der Waals surface area contributed by atoms with Crippen molar-refractivity contribution in [2.75, 3.05) is 43.4 Å². The standard InChI is InChI=1S/C25H26FN9O4/c1-15(24(36)37)39-16-4-5-18(17(26)13-16)33-9-6-32(7-10-33)8-11-34-14-28-20-22(34)30-25(27)35-23(20)29-21(31-35)19-3-2-12-38-19/h2-5,12-15H,6-11H2,1H3,(H2,27,30)(H,36,37)/t15-/m0/s1. The Morgan fingerprint density at radius 1 is 1.18 bits per heavy atom. The highest BCUT2D eigenvalue weighted by Crippen LogP contribution is 2.26. The number of rotatable bonds is 8. The molecule has 0 aliphatic carbocycles. The van der Waals surface area contributed by atoms with Gasteiger partial charge in [0.2, 0.25) is 11.8 Å². The van der Waals surface area contributed by atoms with Crippen LogP contribution in [-0.2, 0) is 11.3 Å². The van der Waals surface area contributed by atoms with Gasteiger partial charge in [-0.25, -0.2) is 19.2 Å². The minimum absolute atomic E-state index is 0.187. The van der Waals surface area contributed by atoms with Gasteiger partial charge in [0.1, 0.15) is 11.6 Å². The predicted octanol–water partition coefficient (Wildman–Crippen LogP) is 2.13. The topological polar surface area (TPSA) is 153 Å². The lowest BCUT2D eigenvalue weighted by atomic mass is 10.2. The summed E-state index contributed by atoms with van der Waals surface area (Å²) < 4.78 is 28.8. The van der Waals surface area contributed by atoms with Crippen LogP contribution in [0.1, 0.15) is 6.92 Å². The molecule has 0 radical (unpaired) electrons. The van der Waals surface area contributed by atoms with Crippen molar-refractivity contribution in [3.63, 3.8) is 0 Å². The second kappa shape index (κ2) is 9.87. The number of anilines is 2. The van der Waals surface area contributed by atoms with Gasteiger partial charge in [-0.05, 0) is 31.2 Å². The fourth-order valence-corrected chi connectivity index (χ4v) is 4.64. The van der Waals surface area contributed by atoms with Crippen LogP contribution < -0.4 is 15.4 Å². The molecule has 0 spiro atoms. The van der Waals surface area contributed by atoms with Crippen molar-refractivity contribution >= 4 is 34.4 Å². The van der Waals surface area contributed by atoms with E-state index in [2.05, 4.69) is 25.0 Å². The predicted molar refractivity (Wildman–Crippen MR) is 139 cm³/mol. The molecule has 5 aromatic rings. The van der Waals surface area contributed by atoms with Gasteiger partial charge in [0.15, 0.2) is 28.7 Å². The molecule has 1 aromatic carbocycles. The normalized spacial score (nSPS) is 15.3. The number of benzene rings is 1. The Hall–Kier alpha value is -4.72. The molecule has 4 aromatic heterocycles. The lowest BCUT2D eigenvalue weighted by Crippen LogP contribution is -2.47. The van der Waals surface area contributed by atoms with Crippen molar-refractivity contribution in [3.05, 3.63) is 48.7 Å². The van der Waals surface area contributed by atoms with Gasteiger partial charge in [-0.1, -0.05) is 0 Å². The SMILES string of the molecule is C[C@H](Oc1ccc(N2CCN(CCn3cnc4c3nc(N)n3nc(-c5ccco5)nc43)CC2)c(F)c1)C(=O)O. The van der Waals surface area contributed by atoms with Gasteiger partial charge >= 0.3 is 5.97 Å². The summed E-state index contributed by atoms with van der Waals surface area (Å²) in [6.45, 7) is 5.58. The van der Waals surface area contributed by atoms with Crippen LogP contribution in [0.4, 0.5) is 16.0 Å². The summed E-state index contributed by atoms with van der Waals surface area (Å²) >= 11 is 0. The molecule has 1 atom stereocenters. The summed E-state index contributed by atoms with van der Waals surface area (Å²) in [5, 5.41) is 13.4. The third-order valence-corrected chi connectivity index (χ3v) is 6.76. The van der Waals surface area contributed by atoms with Crippen molar-refractivity contribution in [2.45, 2.75) is 19.6 Å². The summed E-state index contributed by atoms with van der Waals surface area (Å²) in [7, 11) is 0. The number of nitrogen functional groups attached to an aromatic ring is 1. The van der Waals surface area contributed by atoms with E-state index in [0.717, 1.165) is 19.6 Å². The Bertz CT molecular complexity index is 1640. The van der Waals surface area contributed by atoms with E-state index in [9.17, 15) is 9.18 Å². The fourth-order valence-electron chi connectivity index (χ4n) is 4.64. The zero-order valence-electron chi connectivity index (χ0n) is 21.1. The second-order valence-electron chi connectivity index (χ2n) is 9.27. The Morgan fingerprint density at radius 2 is 2.00 bits per heavy atom. The Kier molecular flexibility index (Phi) is 6.23. The highest BCUT2D eigenvalue weighted by Gasteiger charge is 2.22. The average molecular weight is 536 g/mol. The Morgan fingerprint density at radius 3 is 2.72 bits per heavy atom. The van der Waals surface area contributed by atoms with Crippen LogP contribution in [0.25, 0.3) is 28.4 Å². The molecule has 1 saturated heterocycles. The van der Waals surface area contributed by atoms with Crippen LogP contribution in [0.2, 0.25) is 0 Å². The maximum atomic E-state index is 14.8. The van der Waals surface area contributed by atoms with Gasteiger partial charge in [-0.2, -0.15) is 9.50 Å². The van der Waals surface area contributed by atoms with E-state index in [4.69, 9.17) is 20.0 Å². The van der Waals surface area contributed by atoms with Crippen LogP contribution in [-0.4, -0.2) is 83.9 Å². The maximum absolute atomic E-state index is 14.8. The second-order valence-corrected chi connectivity index (χ2v) is 9.27. The molecule has 6 rings (SSSR count). The minimum Gasteiger partial charge on any atom is -0.479 e. The molecule has 39 heavy (non-hydrogen) atoms. The number of carboxylic acid groups (broad SMARTS) is 1. The van der Waals surface area contributed by atoms with Crippen LogP contribution >= 0.6 is 0 Å². The molecular weight excluding hydrogens is 509 g/mol. The zero-order valence-corrected chi connectivity index (χ0v) is 21.1. The number of carboxylic acids is 1. The molecule has 1 aliphatic heterocycles. The van der Waals surface area contributed by atoms with Crippen molar-refractivity contribution in [3.8, 4) is 17.3 Å². The summed E-state index contributed by atoms with van der Waals surface area (Å²) in [5.41, 5.74) is 8.38. The van der Waals surface area contributed by atoms with Gasteiger partial charge in [-0.15, -0.1) is 5.10 Å². The number of halogens is 1. The fraction of sp³-hybridized carbons (Fsp3) is 0.320. The van der Waals surface area contributed by atoms with Gasteiger partial charge in [0, 0.05) is 45.3 Å². The minimum atomic E-state index is -1.11. The third-order valence-electron chi connectivity index (χ3n) is 6.76. The van der Waals surface area contributed by atoms with E-state index in [1.807, 2.05) is 9.47 Å². The van der Waals surface area contributed by atoms with Gasteiger partial charge < -0.3 is 29.5 Å². The number of nitrogens with two attached hydrogens (primary N) is 1. The number of aromatic nitrogens is 6. The molecule has 0 bridgehead atoms. The van der Waals surface area contributed by atoms with Crippen molar-refractivity contribution in [2.24, 2.45) is 0 Å². The van der Waals surface area contributed by atoms with Gasteiger partial charge in [0.25, 0.3) is 0 Å². The molecule has 5 heterocycles. The molecule has 3 N–H and O–H groups in total. The zero-order chi connectivity index (χ0) is 27.1. The number of hydrogen-bond donors (Lipinski definition) is 2. The molecule has 13 nitrogen and oxygen atoms in total. The first-order valence-electron chi connectivity index (χ1n) is 12.4.